The average Bonchev–Trinajstić information content (AvgIpc) is 3.37. The van der Waals surface area contributed by atoms with Crippen LogP contribution >= 0.6 is 11.3 Å². The highest BCUT2D eigenvalue weighted by Gasteiger charge is 2.34. The molecular formula is C28H32N2O4S. The first-order chi connectivity index (χ1) is 17.0. The molecule has 0 saturated heterocycles. The van der Waals surface area contributed by atoms with Crippen molar-refractivity contribution in [2.24, 2.45) is 0 Å². The summed E-state index contributed by atoms with van der Waals surface area (Å²) in [5.41, 5.74) is 1.26. The Kier molecular flexibility index (Phi) is 8.42. The maximum Gasteiger partial charge on any atom is 0.248 e. The number of amides is 2. The maximum absolute atomic E-state index is 13.8. The number of nitrogens with one attached hydrogen (secondary N) is 1. The number of anilines is 1. The van der Waals surface area contributed by atoms with Crippen LogP contribution in [-0.4, -0.2) is 29.6 Å². The topological polar surface area (TPSA) is 78.9 Å². The Morgan fingerprint density at radius 2 is 1.77 bits per heavy atom. The fourth-order valence-electron chi connectivity index (χ4n) is 4.56. The van der Waals surface area contributed by atoms with Gasteiger partial charge in [-0.1, -0.05) is 37.5 Å². The van der Waals surface area contributed by atoms with E-state index in [9.17, 15) is 14.7 Å². The zero-order valence-corrected chi connectivity index (χ0v) is 20.8. The fourth-order valence-corrected chi connectivity index (χ4v) is 5.25. The van der Waals surface area contributed by atoms with E-state index in [-0.39, 0.29) is 30.0 Å². The van der Waals surface area contributed by atoms with Gasteiger partial charge in [-0.3, -0.25) is 14.5 Å². The van der Waals surface area contributed by atoms with Crippen LogP contribution in [0.25, 0.3) is 0 Å². The Hall–Kier alpha value is -3.32. The van der Waals surface area contributed by atoms with E-state index in [0.29, 0.717) is 23.6 Å². The molecule has 0 bridgehead atoms. The summed E-state index contributed by atoms with van der Waals surface area (Å²) in [7, 11) is 0. The number of carbonyl (C=O) groups is 2. The molecule has 1 saturated carbocycles. The number of hydrogen-bond donors (Lipinski definition) is 2. The molecule has 3 aromatic rings. The van der Waals surface area contributed by atoms with Gasteiger partial charge in [-0.25, -0.2) is 0 Å². The number of phenolic OH excluding ortho intramolecular Hbond substituents is 1. The van der Waals surface area contributed by atoms with E-state index >= 15 is 0 Å². The number of benzene rings is 2. The van der Waals surface area contributed by atoms with Gasteiger partial charge in [0.15, 0.2) is 0 Å². The molecule has 0 spiro atoms. The van der Waals surface area contributed by atoms with E-state index in [4.69, 9.17) is 4.74 Å². The molecule has 0 aliphatic heterocycles. The van der Waals surface area contributed by atoms with E-state index < -0.39 is 6.04 Å². The van der Waals surface area contributed by atoms with Crippen LogP contribution in [0, 0.1) is 0 Å². The summed E-state index contributed by atoms with van der Waals surface area (Å²) in [6.07, 6.45) is 5.45. The fraction of sp³-hybridized carbons (Fsp3) is 0.357. The van der Waals surface area contributed by atoms with Crippen molar-refractivity contribution in [3.05, 3.63) is 76.5 Å². The van der Waals surface area contributed by atoms with Gasteiger partial charge in [-0.15, -0.1) is 11.3 Å². The van der Waals surface area contributed by atoms with Gasteiger partial charge in [0.1, 0.15) is 17.5 Å². The van der Waals surface area contributed by atoms with E-state index in [1.165, 1.54) is 17.8 Å². The van der Waals surface area contributed by atoms with Crippen molar-refractivity contribution in [2.75, 3.05) is 11.5 Å². The summed E-state index contributed by atoms with van der Waals surface area (Å²) >= 11 is 1.52. The van der Waals surface area contributed by atoms with Gasteiger partial charge < -0.3 is 15.2 Å². The zero-order chi connectivity index (χ0) is 24.6. The third-order valence-corrected chi connectivity index (χ3v) is 7.14. The number of aromatic hydroxyl groups is 1. The largest absolute Gasteiger partial charge is 0.508 e. The number of phenols is 1. The molecular weight excluding hydrogens is 460 g/mol. The van der Waals surface area contributed by atoms with Crippen LogP contribution < -0.4 is 15.0 Å². The highest BCUT2D eigenvalue weighted by molar-refractivity contribution is 7.10. The Labute approximate surface area is 210 Å². The predicted molar refractivity (Wildman–Crippen MR) is 139 cm³/mol. The Bertz CT molecular complexity index is 1090. The van der Waals surface area contributed by atoms with Crippen molar-refractivity contribution in [1.82, 2.24) is 5.32 Å². The number of nitrogens with zero attached hydrogens (tertiary/aromatic N) is 1. The van der Waals surface area contributed by atoms with Crippen LogP contribution in [-0.2, 0) is 16.0 Å². The van der Waals surface area contributed by atoms with Gasteiger partial charge in [0.05, 0.1) is 13.0 Å². The zero-order valence-electron chi connectivity index (χ0n) is 20.0. The first kappa shape index (κ1) is 24.8. The Morgan fingerprint density at radius 1 is 1.06 bits per heavy atom. The first-order valence-corrected chi connectivity index (χ1v) is 13.1. The van der Waals surface area contributed by atoms with Crippen LogP contribution in [0.15, 0.2) is 66.0 Å². The summed E-state index contributed by atoms with van der Waals surface area (Å²) in [4.78, 5) is 30.1. The second kappa shape index (κ2) is 11.9. The molecule has 184 valence electrons. The van der Waals surface area contributed by atoms with Crippen molar-refractivity contribution in [3.63, 3.8) is 0 Å². The van der Waals surface area contributed by atoms with Crippen molar-refractivity contribution < 1.29 is 19.4 Å². The molecule has 4 rings (SSSR count). The monoisotopic (exact) mass is 492 g/mol. The third kappa shape index (κ3) is 6.42. The van der Waals surface area contributed by atoms with Crippen molar-refractivity contribution in [3.8, 4) is 11.5 Å². The lowest BCUT2D eigenvalue weighted by Crippen LogP contribution is -2.47. The van der Waals surface area contributed by atoms with Gasteiger partial charge in [-0.2, -0.15) is 0 Å². The highest BCUT2D eigenvalue weighted by atomic mass is 32.1. The molecule has 2 aromatic carbocycles. The number of carbonyl (C=O) groups excluding carboxylic acids is 2. The van der Waals surface area contributed by atoms with Crippen molar-refractivity contribution in [2.45, 2.75) is 57.5 Å². The number of ether oxygens (including phenoxy) is 1. The minimum atomic E-state index is -0.872. The second-order valence-corrected chi connectivity index (χ2v) is 9.82. The maximum atomic E-state index is 13.8. The lowest BCUT2D eigenvalue weighted by molar-refractivity contribution is -0.127. The van der Waals surface area contributed by atoms with E-state index in [2.05, 4.69) is 5.32 Å². The lowest BCUT2D eigenvalue weighted by atomic mass is 9.94. The quantitative estimate of drug-likeness (QED) is 0.406. The van der Waals surface area contributed by atoms with Gasteiger partial charge in [0, 0.05) is 16.6 Å². The van der Waals surface area contributed by atoms with Crippen LogP contribution in [0.4, 0.5) is 5.69 Å². The summed E-state index contributed by atoms with van der Waals surface area (Å²) in [5.74, 6) is 0.428. The second-order valence-electron chi connectivity index (χ2n) is 8.78. The molecule has 6 nitrogen and oxygen atoms in total. The normalized spacial score (nSPS) is 14.8. The van der Waals surface area contributed by atoms with Gasteiger partial charge in [0.25, 0.3) is 0 Å². The standard InChI is InChI=1S/C28H32N2O4S/c1-2-34-24-16-12-22(13-17-24)30(26(32)19-25-9-6-18-35-25)27(20-10-14-23(31)15-11-20)28(33)29-21-7-4-3-5-8-21/h6,9-18,21,27,31H,2-5,7-8,19H2,1H3,(H,29,33). The summed E-state index contributed by atoms with van der Waals surface area (Å²) in [6, 6.07) is 16.9. The Morgan fingerprint density at radius 3 is 2.40 bits per heavy atom. The van der Waals surface area contributed by atoms with Gasteiger partial charge >= 0.3 is 0 Å². The average molecular weight is 493 g/mol. The molecule has 35 heavy (non-hydrogen) atoms. The Balaban J connectivity index is 1.73. The van der Waals surface area contributed by atoms with Crippen molar-refractivity contribution in [1.29, 1.82) is 0 Å². The van der Waals surface area contributed by atoms with Crippen LogP contribution in [0.5, 0.6) is 11.5 Å². The molecule has 1 heterocycles. The molecule has 1 atom stereocenters. The third-order valence-electron chi connectivity index (χ3n) is 6.27. The lowest BCUT2D eigenvalue weighted by Gasteiger charge is -2.33. The minimum Gasteiger partial charge on any atom is -0.508 e. The summed E-state index contributed by atoms with van der Waals surface area (Å²) in [6.45, 7) is 2.46. The molecule has 7 heteroatoms. The minimum absolute atomic E-state index is 0.102. The molecule has 2 amide bonds. The molecule has 2 N–H and O–H groups in total. The van der Waals surface area contributed by atoms with E-state index in [1.807, 2.05) is 48.7 Å². The smallest absolute Gasteiger partial charge is 0.248 e. The molecule has 1 fully saturated rings. The van der Waals surface area contributed by atoms with Gasteiger partial charge in [0.2, 0.25) is 11.8 Å². The molecule has 1 aliphatic rings. The van der Waals surface area contributed by atoms with Crippen LogP contribution in [0.2, 0.25) is 0 Å². The van der Waals surface area contributed by atoms with Gasteiger partial charge in [-0.05, 0) is 73.2 Å². The highest BCUT2D eigenvalue weighted by Crippen LogP contribution is 2.32. The molecule has 1 aromatic heterocycles. The molecule has 1 unspecified atom stereocenters. The van der Waals surface area contributed by atoms with Crippen molar-refractivity contribution >= 4 is 28.8 Å². The number of thiophene rings is 1. The molecule has 0 radical (unpaired) electrons. The number of rotatable bonds is 9. The predicted octanol–water partition coefficient (Wildman–Crippen LogP) is 5.62. The number of hydrogen-bond acceptors (Lipinski definition) is 5. The van der Waals surface area contributed by atoms with E-state index in [0.717, 1.165) is 30.6 Å². The van der Waals surface area contributed by atoms with Crippen LogP contribution in [0.3, 0.4) is 0 Å². The summed E-state index contributed by atoms with van der Waals surface area (Å²) in [5, 5.41) is 15.0. The SMILES string of the molecule is CCOc1ccc(N(C(=O)Cc2cccs2)C(C(=O)NC2CCCCC2)c2ccc(O)cc2)cc1. The van der Waals surface area contributed by atoms with E-state index in [1.54, 1.807) is 29.2 Å². The van der Waals surface area contributed by atoms with Crippen LogP contribution in [0.1, 0.15) is 55.5 Å². The summed E-state index contributed by atoms with van der Waals surface area (Å²) < 4.78 is 5.58. The molecule has 1 aliphatic carbocycles. The first-order valence-electron chi connectivity index (χ1n) is 12.2.